The van der Waals surface area contributed by atoms with Gasteiger partial charge in [-0.05, 0) is 31.6 Å². The zero-order valence-corrected chi connectivity index (χ0v) is 18.5. The van der Waals surface area contributed by atoms with Crippen LogP contribution in [0.3, 0.4) is 0 Å². The lowest BCUT2D eigenvalue weighted by atomic mass is 10.1. The maximum Gasteiger partial charge on any atom is 0.243 e. The number of anilines is 1. The van der Waals surface area contributed by atoms with Gasteiger partial charge in [0.25, 0.3) is 0 Å². The maximum atomic E-state index is 12.5. The Morgan fingerprint density at radius 2 is 2.19 bits per heavy atom. The number of carbonyl (C=O) groups excluding carboxylic acids is 1. The second-order valence-electron chi connectivity index (χ2n) is 7.58. The quantitative estimate of drug-likeness (QED) is 0.512. The first kappa shape index (κ1) is 21.5. The topological polar surface area (TPSA) is 105 Å². The average molecular weight is 434 g/mol. The van der Waals surface area contributed by atoms with Gasteiger partial charge in [-0.15, -0.1) is 5.10 Å². The summed E-state index contributed by atoms with van der Waals surface area (Å²) >= 11 is 0. The van der Waals surface area contributed by atoms with Crippen molar-refractivity contribution in [2.45, 2.75) is 19.9 Å². The van der Waals surface area contributed by atoms with E-state index in [1.165, 1.54) is 0 Å². The monoisotopic (exact) mass is 433 g/mol. The zero-order valence-electron chi connectivity index (χ0n) is 18.5. The molecule has 2 aromatic heterocycles. The molecule has 1 amide bonds. The number of benzene rings is 1. The van der Waals surface area contributed by atoms with Crippen LogP contribution in [-0.4, -0.2) is 58.3 Å². The molecule has 166 valence electrons. The number of rotatable bonds is 6. The fraction of sp³-hybridized carbons (Fsp3) is 0.304. The van der Waals surface area contributed by atoms with E-state index in [0.717, 1.165) is 34.7 Å². The predicted molar refractivity (Wildman–Crippen MR) is 125 cm³/mol. The van der Waals surface area contributed by atoms with E-state index in [1.807, 2.05) is 44.2 Å². The molecule has 1 aromatic carbocycles. The fourth-order valence-corrected chi connectivity index (χ4v) is 3.75. The Morgan fingerprint density at radius 3 is 2.97 bits per heavy atom. The first-order valence-corrected chi connectivity index (χ1v) is 10.5. The Morgan fingerprint density at radius 1 is 1.34 bits per heavy atom. The molecule has 0 radical (unpaired) electrons. The minimum Gasteiger partial charge on any atom is -0.497 e. The van der Waals surface area contributed by atoms with Crippen LogP contribution >= 0.6 is 0 Å². The highest BCUT2D eigenvalue weighted by molar-refractivity contribution is 5.85. The molecule has 1 aliphatic heterocycles. The lowest BCUT2D eigenvalue weighted by molar-refractivity contribution is -0.121. The minimum atomic E-state index is -0.479. The van der Waals surface area contributed by atoms with Crippen LogP contribution in [0.5, 0.6) is 5.75 Å². The minimum absolute atomic E-state index is 0.0810. The van der Waals surface area contributed by atoms with Crippen LogP contribution in [0.2, 0.25) is 0 Å². The molecule has 0 aliphatic carbocycles. The first-order chi connectivity index (χ1) is 15.5. The van der Waals surface area contributed by atoms with Crippen molar-refractivity contribution in [1.29, 1.82) is 0 Å². The van der Waals surface area contributed by atoms with Crippen LogP contribution < -0.4 is 20.7 Å². The number of carbonyl (C=O) groups is 1. The molecule has 0 saturated carbocycles. The molecular weight excluding hydrogens is 406 g/mol. The standard InChI is InChI=1S/C23H27N7O2/c1-5-7-14(2)19-15(3)26-23(27-18-13-24-10-11-25-22(18)31)30-21(19)28-20(29-30)16-8-6-9-17(12-16)32-4/h5-9,12,18,24H,1,10-11,13H2,2-4H3,(H,25,31)(H,26,27)/b14-7-/t18-/m1/s1. The number of amides is 1. The molecule has 0 unspecified atom stereocenters. The van der Waals surface area contributed by atoms with E-state index in [1.54, 1.807) is 17.7 Å². The van der Waals surface area contributed by atoms with Crippen LogP contribution in [0.25, 0.3) is 22.6 Å². The van der Waals surface area contributed by atoms with Crippen molar-refractivity contribution in [2.75, 3.05) is 32.1 Å². The second-order valence-corrected chi connectivity index (χ2v) is 7.58. The van der Waals surface area contributed by atoms with E-state index in [9.17, 15) is 4.79 Å². The van der Waals surface area contributed by atoms with Gasteiger partial charge in [0, 0.05) is 30.8 Å². The number of nitrogens with zero attached hydrogens (tertiary/aromatic N) is 4. The second kappa shape index (κ2) is 9.19. The molecular formula is C23H27N7O2. The Kier molecular flexibility index (Phi) is 6.18. The largest absolute Gasteiger partial charge is 0.497 e. The highest BCUT2D eigenvalue weighted by Gasteiger charge is 2.24. The van der Waals surface area contributed by atoms with Gasteiger partial charge in [0.05, 0.1) is 12.8 Å². The fourth-order valence-electron chi connectivity index (χ4n) is 3.75. The first-order valence-electron chi connectivity index (χ1n) is 10.5. The highest BCUT2D eigenvalue weighted by atomic mass is 16.5. The number of hydrogen-bond donors (Lipinski definition) is 3. The molecule has 1 saturated heterocycles. The van der Waals surface area contributed by atoms with E-state index in [2.05, 4.69) is 22.5 Å². The van der Waals surface area contributed by atoms with Crippen molar-refractivity contribution in [2.24, 2.45) is 0 Å². The van der Waals surface area contributed by atoms with Crippen molar-refractivity contribution in [3.63, 3.8) is 0 Å². The van der Waals surface area contributed by atoms with Gasteiger partial charge < -0.3 is 20.7 Å². The number of nitrogens with one attached hydrogen (secondary N) is 3. The number of ether oxygens (including phenoxy) is 1. The number of fused-ring (bicyclic) bond motifs is 1. The third kappa shape index (κ3) is 4.19. The van der Waals surface area contributed by atoms with E-state index < -0.39 is 6.04 Å². The van der Waals surface area contributed by atoms with E-state index in [-0.39, 0.29) is 5.91 Å². The number of allylic oxidation sites excluding steroid dienone is 3. The molecule has 0 spiro atoms. The summed E-state index contributed by atoms with van der Waals surface area (Å²) in [6, 6.07) is 7.11. The SMILES string of the molecule is C=C/C=C(/C)c1c(C)nc(N[C@@H]2CNCCNC2=O)n2nc(-c3cccc(OC)c3)nc12. The summed E-state index contributed by atoms with van der Waals surface area (Å²) in [6.07, 6.45) is 3.65. The number of aryl methyl sites for hydroxylation is 1. The number of methoxy groups -OCH3 is 1. The Hall–Kier alpha value is -3.72. The van der Waals surface area contributed by atoms with Gasteiger partial charge in [-0.25, -0.2) is 9.97 Å². The van der Waals surface area contributed by atoms with Crippen LogP contribution in [0.15, 0.2) is 43.0 Å². The summed E-state index contributed by atoms with van der Waals surface area (Å²) < 4.78 is 7.02. The van der Waals surface area contributed by atoms with Gasteiger partial charge >= 0.3 is 0 Å². The summed E-state index contributed by atoms with van der Waals surface area (Å²) in [6.45, 7) is 9.51. The van der Waals surface area contributed by atoms with Crippen LogP contribution in [0.1, 0.15) is 18.2 Å². The Balaban J connectivity index is 1.87. The van der Waals surface area contributed by atoms with Gasteiger partial charge in [0.2, 0.25) is 11.9 Å². The summed E-state index contributed by atoms with van der Waals surface area (Å²) in [5, 5.41) is 14.1. The van der Waals surface area contributed by atoms with Crippen molar-refractivity contribution in [1.82, 2.24) is 30.2 Å². The van der Waals surface area contributed by atoms with Crippen molar-refractivity contribution < 1.29 is 9.53 Å². The lowest BCUT2D eigenvalue weighted by Gasteiger charge is -2.18. The molecule has 4 rings (SSSR count). The highest BCUT2D eigenvalue weighted by Crippen LogP contribution is 2.28. The summed E-state index contributed by atoms with van der Waals surface area (Å²) in [5.41, 5.74) is 4.10. The van der Waals surface area contributed by atoms with Crippen LogP contribution in [0.4, 0.5) is 5.95 Å². The van der Waals surface area contributed by atoms with Gasteiger partial charge in [-0.3, -0.25) is 4.79 Å². The Bertz CT molecular complexity index is 1200. The summed E-state index contributed by atoms with van der Waals surface area (Å²) in [4.78, 5) is 22.1. The van der Waals surface area contributed by atoms with Crippen molar-refractivity contribution >= 4 is 23.1 Å². The number of aromatic nitrogens is 4. The van der Waals surface area contributed by atoms with Gasteiger partial charge in [0.1, 0.15) is 11.8 Å². The molecule has 1 fully saturated rings. The molecule has 3 aromatic rings. The molecule has 9 nitrogen and oxygen atoms in total. The predicted octanol–water partition coefficient (Wildman–Crippen LogP) is 2.20. The van der Waals surface area contributed by atoms with Crippen LogP contribution in [-0.2, 0) is 4.79 Å². The van der Waals surface area contributed by atoms with E-state index in [4.69, 9.17) is 19.8 Å². The normalized spacial score (nSPS) is 17.0. The third-order valence-corrected chi connectivity index (χ3v) is 5.33. The van der Waals surface area contributed by atoms with Gasteiger partial charge in [-0.1, -0.05) is 30.9 Å². The smallest absolute Gasteiger partial charge is 0.243 e. The van der Waals surface area contributed by atoms with Gasteiger partial charge in [-0.2, -0.15) is 4.52 Å². The molecule has 3 heterocycles. The zero-order chi connectivity index (χ0) is 22.7. The Labute approximate surface area is 186 Å². The van der Waals surface area contributed by atoms with Gasteiger partial charge in [0.15, 0.2) is 11.5 Å². The molecule has 3 N–H and O–H groups in total. The summed E-state index contributed by atoms with van der Waals surface area (Å²) in [5.74, 6) is 1.63. The lowest BCUT2D eigenvalue weighted by Crippen LogP contribution is -2.42. The maximum absolute atomic E-state index is 12.5. The van der Waals surface area contributed by atoms with E-state index in [0.29, 0.717) is 30.5 Å². The summed E-state index contributed by atoms with van der Waals surface area (Å²) in [7, 11) is 1.62. The molecule has 9 heteroatoms. The third-order valence-electron chi connectivity index (χ3n) is 5.33. The average Bonchev–Trinajstić information content (AvgIpc) is 3.13. The molecule has 32 heavy (non-hydrogen) atoms. The number of hydrogen-bond acceptors (Lipinski definition) is 7. The van der Waals surface area contributed by atoms with Crippen molar-refractivity contribution in [3.8, 4) is 17.1 Å². The van der Waals surface area contributed by atoms with Crippen molar-refractivity contribution in [3.05, 3.63) is 54.3 Å². The molecule has 0 bridgehead atoms. The van der Waals surface area contributed by atoms with E-state index >= 15 is 0 Å². The molecule has 1 atom stereocenters. The molecule has 1 aliphatic rings. The van der Waals surface area contributed by atoms with Crippen LogP contribution in [0, 0.1) is 6.92 Å².